The van der Waals surface area contributed by atoms with Crippen LogP contribution in [-0.4, -0.2) is 63.6 Å². The van der Waals surface area contributed by atoms with E-state index >= 15 is 0 Å². The van der Waals surface area contributed by atoms with Crippen LogP contribution >= 0.6 is 24.0 Å². The Hall–Kier alpha value is -2.65. The minimum Gasteiger partial charge on any atom is -0.479 e. The first kappa shape index (κ1) is 23.0. The number of aromatic nitrogens is 2. The van der Waals surface area contributed by atoms with Crippen molar-refractivity contribution in [2.75, 3.05) is 24.5 Å². The van der Waals surface area contributed by atoms with Crippen LogP contribution in [0.1, 0.15) is 29.8 Å². The van der Waals surface area contributed by atoms with Crippen LogP contribution in [0, 0.1) is 5.82 Å². The molecule has 0 radical (unpaired) electrons. The Bertz CT molecular complexity index is 955. The van der Waals surface area contributed by atoms with Crippen molar-refractivity contribution < 1.29 is 23.8 Å². The summed E-state index contributed by atoms with van der Waals surface area (Å²) in [6.07, 6.45) is 4.08. The van der Waals surface area contributed by atoms with Crippen LogP contribution in [0.25, 0.3) is 0 Å². The number of nitrogens with zero attached hydrogens (tertiary/aromatic N) is 4. The monoisotopic (exact) mass is 470 g/mol. The van der Waals surface area contributed by atoms with Crippen molar-refractivity contribution >= 4 is 41.7 Å². The highest BCUT2D eigenvalue weighted by atomic mass is 35.5. The molecule has 0 spiro atoms. The Balaban J connectivity index is 0.00000272. The molecule has 2 aromatic heterocycles. The number of pyridine rings is 2. The highest BCUT2D eigenvalue weighted by Gasteiger charge is 2.38. The fourth-order valence-electron chi connectivity index (χ4n) is 3.92. The van der Waals surface area contributed by atoms with Crippen LogP contribution in [0.5, 0.6) is 5.75 Å². The number of carboxylic acids is 1. The molecule has 0 bridgehead atoms. The molecule has 8 nitrogen and oxygen atoms in total. The van der Waals surface area contributed by atoms with Gasteiger partial charge in [0.2, 0.25) is 0 Å². The summed E-state index contributed by atoms with van der Waals surface area (Å²) in [5.74, 6) is -1.02. The van der Waals surface area contributed by atoms with E-state index in [2.05, 4.69) is 9.97 Å². The van der Waals surface area contributed by atoms with Gasteiger partial charge in [0.1, 0.15) is 11.4 Å². The fourth-order valence-corrected chi connectivity index (χ4v) is 4.06. The molecule has 0 unspecified atom stereocenters. The Kier molecular flexibility index (Phi) is 7.17. The standard InChI is InChI=1S/C20H20ClFN4O4.ClH/c21-12-9-15(22)18(24-10-12)25-6-3-13(4-7-25)26-8-5-17(19(26)27)30-14-1-2-16(20(28)29)23-11-14;/h1-2,9-11,13,17H,3-8H2,(H,28,29);1H/t17-;/m0./s1. The molecule has 11 heteroatoms. The number of hydrogen-bond donors (Lipinski definition) is 1. The molecular formula is C20H21Cl2FN4O4. The highest BCUT2D eigenvalue weighted by Crippen LogP contribution is 2.28. The first-order chi connectivity index (χ1) is 14.4. The van der Waals surface area contributed by atoms with E-state index in [1.54, 1.807) is 0 Å². The second-order valence-electron chi connectivity index (χ2n) is 7.29. The number of piperidine rings is 1. The van der Waals surface area contributed by atoms with Crippen LogP contribution in [0.4, 0.5) is 10.2 Å². The van der Waals surface area contributed by atoms with E-state index in [9.17, 15) is 14.0 Å². The number of halogens is 3. The first-order valence-electron chi connectivity index (χ1n) is 9.65. The van der Waals surface area contributed by atoms with E-state index in [-0.39, 0.29) is 40.9 Å². The number of carboxylic acid groups (broad SMARTS) is 1. The van der Waals surface area contributed by atoms with Gasteiger partial charge in [-0.25, -0.2) is 19.2 Å². The maximum Gasteiger partial charge on any atom is 0.354 e. The maximum atomic E-state index is 14.1. The summed E-state index contributed by atoms with van der Waals surface area (Å²) in [5, 5.41) is 9.16. The molecule has 2 aromatic rings. The van der Waals surface area contributed by atoms with Gasteiger partial charge in [0.05, 0.1) is 11.2 Å². The van der Waals surface area contributed by atoms with Crippen LogP contribution in [0.3, 0.4) is 0 Å². The van der Waals surface area contributed by atoms with Gasteiger partial charge in [-0.3, -0.25) is 4.79 Å². The number of hydrogen-bond acceptors (Lipinski definition) is 6. The van der Waals surface area contributed by atoms with Crippen molar-refractivity contribution in [2.45, 2.75) is 31.4 Å². The zero-order valence-electron chi connectivity index (χ0n) is 16.4. The number of likely N-dealkylation sites (tertiary alicyclic amines) is 1. The van der Waals surface area contributed by atoms with Crippen molar-refractivity contribution in [3.05, 3.63) is 47.1 Å². The van der Waals surface area contributed by atoms with Crippen LogP contribution in [0.15, 0.2) is 30.6 Å². The molecule has 0 aliphatic carbocycles. The van der Waals surface area contributed by atoms with Gasteiger partial charge in [0.15, 0.2) is 17.7 Å². The third-order valence-electron chi connectivity index (χ3n) is 5.42. The number of aromatic carboxylic acids is 1. The molecule has 1 amide bonds. The normalized spacial score (nSPS) is 19.3. The van der Waals surface area contributed by atoms with E-state index in [1.165, 1.54) is 30.6 Å². The van der Waals surface area contributed by atoms with E-state index < -0.39 is 17.9 Å². The number of amides is 1. The minimum atomic E-state index is -1.12. The molecule has 166 valence electrons. The maximum absolute atomic E-state index is 14.1. The summed E-state index contributed by atoms with van der Waals surface area (Å²) in [6, 6.07) is 4.15. The van der Waals surface area contributed by atoms with E-state index in [1.807, 2.05) is 9.80 Å². The summed E-state index contributed by atoms with van der Waals surface area (Å²) in [6.45, 7) is 1.76. The predicted molar refractivity (Wildman–Crippen MR) is 114 cm³/mol. The van der Waals surface area contributed by atoms with Crippen molar-refractivity contribution in [2.24, 2.45) is 0 Å². The van der Waals surface area contributed by atoms with Gasteiger partial charge in [-0.2, -0.15) is 0 Å². The Labute approximate surface area is 189 Å². The number of rotatable bonds is 5. The third kappa shape index (κ3) is 4.99. The molecule has 4 heterocycles. The lowest BCUT2D eigenvalue weighted by atomic mass is 10.0. The first-order valence-corrected chi connectivity index (χ1v) is 10.0. The van der Waals surface area contributed by atoms with Crippen molar-refractivity contribution in [1.29, 1.82) is 0 Å². The molecule has 4 rings (SSSR count). The number of ether oxygens (including phenoxy) is 1. The quantitative estimate of drug-likeness (QED) is 0.716. The Morgan fingerprint density at radius 2 is 1.90 bits per heavy atom. The van der Waals surface area contributed by atoms with Crippen LogP contribution in [0.2, 0.25) is 5.02 Å². The van der Waals surface area contributed by atoms with Crippen molar-refractivity contribution in [3.63, 3.8) is 0 Å². The SMILES string of the molecule is Cl.O=C(O)c1ccc(O[C@H]2CCN(C3CCN(c4ncc(Cl)cc4F)CC3)C2=O)cn1. The Morgan fingerprint density at radius 3 is 2.52 bits per heavy atom. The zero-order valence-corrected chi connectivity index (χ0v) is 18.0. The lowest BCUT2D eigenvalue weighted by Crippen LogP contribution is -2.47. The number of carbonyl (C=O) groups is 2. The van der Waals surface area contributed by atoms with E-state index in [0.717, 1.165) is 0 Å². The highest BCUT2D eigenvalue weighted by molar-refractivity contribution is 6.30. The summed E-state index contributed by atoms with van der Waals surface area (Å²) >= 11 is 5.77. The van der Waals surface area contributed by atoms with Gasteiger partial charge < -0.3 is 19.6 Å². The average molecular weight is 471 g/mol. The van der Waals surface area contributed by atoms with Gasteiger partial charge in [0.25, 0.3) is 5.91 Å². The topological polar surface area (TPSA) is 95.9 Å². The third-order valence-corrected chi connectivity index (χ3v) is 5.62. The summed E-state index contributed by atoms with van der Waals surface area (Å²) in [4.78, 5) is 35.3. The number of anilines is 1. The Morgan fingerprint density at radius 1 is 1.16 bits per heavy atom. The van der Waals surface area contributed by atoms with Gasteiger partial charge >= 0.3 is 5.97 Å². The number of carbonyl (C=O) groups excluding carboxylic acids is 1. The summed E-state index contributed by atoms with van der Waals surface area (Å²) < 4.78 is 19.8. The molecule has 1 N–H and O–H groups in total. The molecule has 2 fully saturated rings. The van der Waals surface area contributed by atoms with Gasteiger partial charge in [-0.05, 0) is 31.0 Å². The lowest BCUT2D eigenvalue weighted by molar-refractivity contribution is -0.135. The van der Waals surface area contributed by atoms with Gasteiger partial charge in [-0.1, -0.05) is 11.6 Å². The molecule has 2 saturated heterocycles. The largest absolute Gasteiger partial charge is 0.479 e. The summed E-state index contributed by atoms with van der Waals surface area (Å²) in [5.41, 5.74) is -0.0832. The van der Waals surface area contributed by atoms with Gasteiger partial charge in [-0.15, -0.1) is 12.4 Å². The molecule has 31 heavy (non-hydrogen) atoms. The molecule has 0 aromatic carbocycles. The van der Waals surface area contributed by atoms with E-state index in [0.29, 0.717) is 44.6 Å². The summed E-state index contributed by atoms with van der Waals surface area (Å²) in [7, 11) is 0. The molecule has 0 saturated carbocycles. The second kappa shape index (κ2) is 9.65. The second-order valence-corrected chi connectivity index (χ2v) is 7.72. The van der Waals surface area contributed by atoms with Crippen molar-refractivity contribution in [3.8, 4) is 5.75 Å². The van der Waals surface area contributed by atoms with Crippen molar-refractivity contribution in [1.82, 2.24) is 14.9 Å². The van der Waals surface area contributed by atoms with Gasteiger partial charge in [0, 0.05) is 38.3 Å². The van der Waals surface area contributed by atoms with Crippen LogP contribution < -0.4 is 9.64 Å². The lowest BCUT2D eigenvalue weighted by Gasteiger charge is -2.37. The molecule has 1 atom stereocenters. The molecular weight excluding hydrogens is 450 g/mol. The van der Waals surface area contributed by atoms with Crippen LogP contribution in [-0.2, 0) is 4.79 Å². The van der Waals surface area contributed by atoms with E-state index in [4.69, 9.17) is 21.4 Å². The minimum absolute atomic E-state index is 0. The molecule has 2 aliphatic rings. The fraction of sp³-hybridized carbons (Fsp3) is 0.400. The predicted octanol–water partition coefficient (Wildman–Crippen LogP) is 3.04. The molecule has 2 aliphatic heterocycles. The zero-order chi connectivity index (χ0) is 21.3. The smallest absolute Gasteiger partial charge is 0.354 e. The average Bonchev–Trinajstić information content (AvgIpc) is 3.09.